The van der Waals surface area contributed by atoms with Crippen molar-refractivity contribution in [2.24, 2.45) is 33.9 Å². The minimum absolute atomic E-state index is 0.0265. The number of nitrogens with two attached hydrogens (primary N) is 1. The topological polar surface area (TPSA) is 179 Å². The van der Waals surface area contributed by atoms with Crippen molar-refractivity contribution in [3.05, 3.63) is 39.9 Å². The molecule has 1 heterocycles. The van der Waals surface area contributed by atoms with E-state index in [-0.39, 0.29) is 48.9 Å². The lowest BCUT2D eigenvalue weighted by Crippen LogP contribution is -2.65. The molecule has 1 aromatic rings. The number of nitrogens with one attached hydrogen (secondary N) is 3. The van der Waals surface area contributed by atoms with Crippen LogP contribution < -0.4 is 26.5 Å². The van der Waals surface area contributed by atoms with Crippen LogP contribution in [0.5, 0.6) is 5.75 Å². The van der Waals surface area contributed by atoms with Crippen LogP contribution in [0.25, 0.3) is 0 Å². The van der Waals surface area contributed by atoms with E-state index >= 15 is 0 Å². The summed E-state index contributed by atoms with van der Waals surface area (Å²) < 4.78 is 18.8. The molecule has 2 bridgehead atoms. The third-order valence-corrected chi connectivity index (χ3v) is 9.53. The highest BCUT2D eigenvalue weighted by molar-refractivity contribution is 6.48. The molecule has 44 heavy (non-hydrogen) atoms. The van der Waals surface area contributed by atoms with Crippen LogP contribution >= 0.6 is 0 Å². The summed E-state index contributed by atoms with van der Waals surface area (Å²) in [4.78, 5) is 41.1. The van der Waals surface area contributed by atoms with Crippen molar-refractivity contribution < 1.29 is 28.7 Å². The van der Waals surface area contributed by atoms with Gasteiger partial charge in [-0.25, -0.2) is 15.1 Å². The molecule has 0 spiro atoms. The molecule has 0 aromatic heterocycles. The number of hydrogen-bond donors (Lipinski definition) is 4. The van der Waals surface area contributed by atoms with Crippen molar-refractivity contribution in [2.45, 2.75) is 97.3 Å². The quantitative estimate of drug-likeness (QED) is 0.0612. The summed E-state index contributed by atoms with van der Waals surface area (Å²) >= 11 is 0. The van der Waals surface area contributed by atoms with Crippen LogP contribution in [0.2, 0.25) is 0 Å². The molecule has 4 aliphatic rings. The molecule has 3 aliphatic carbocycles. The van der Waals surface area contributed by atoms with E-state index in [1.54, 1.807) is 17.6 Å². The summed E-state index contributed by atoms with van der Waals surface area (Å²) in [5.74, 6) is 0.174. The second kappa shape index (κ2) is 13.7. The standard InChI is InChI=1S/C30H47BN6O7/c1-18(2)14-25(31-43-24-16-20-15-23(29(20,4)5)30(24,6)44-31)35-27(39)22(8-7-13-33-28(32)36-37(40)41)34-26(38)17-42-21-11-9-19(3)10-12-21/h9-12,18,20,22-25H,7-8,13-17H2,1-6H3,(H,34,38)(H,35,39)(H3,32,33,36)/t20-,22+,23-,24-,25+,30+/m1/s1. The van der Waals surface area contributed by atoms with E-state index in [0.717, 1.165) is 18.4 Å². The number of ether oxygens (including phenoxy) is 1. The summed E-state index contributed by atoms with van der Waals surface area (Å²) in [6.07, 6.45) is 3.22. The predicted molar refractivity (Wildman–Crippen MR) is 166 cm³/mol. The molecule has 14 heteroatoms. The highest BCUT2D eigenvalue weighted by atomic mass is 16.7. The fourth-order valence-electron chi connectivity index (χ4n) is 7.01. The fourth-order valence-corrected chi connectivity index (χ4v) is 7.01. The lowest BCUT2D eigenvalue weighted by atomic mass is 9.43. The first-order valence-corrected chi connectivity index (χ1v) is 15.5. The van der Waals surface area contributed by atoms with Crippen molar-refractivity contribution in [3.8, 4) is 5.75 Å². The zero-order valence-electron chi connectivity index (χ0n) is 26.6. The molecule has 2 amide bonds. The normalized spacial score (nSPS) is 26.7. The van der Waals surface area contributed by atoms with E-state index < -0.39 is 35.6 Å². The van der Waals surface area contributed by atoms with Gasteiger partial charge in [-0.05, 0) is 81.3 Å². The van der Waals surface area contributed by atoms with Crippen LogP contribution in [-0.4, -0.2) is 66.8 Å². The van der Waals surface area contributed by atoms with Gasteiger partial charge in [-0.3, -0.25) is 9.59 Å². The number of amides is 2. The van der Waals surface area contributed by atoms with Gasteiger partial charge in [0, 0.05) is 6.54 Å². The molecule has 1 aliphatic heterocycles. The van der Waals surface area contributed by atoms with Gasteiger partial charge >= 0.3 is 7.12 Å². The van der Waals surface area contributed by atoms with Crippen molar-refractivity contribution in [1.29, 1.82) is 0 Å². The third kappa shape index (κ3) is 7.81. The van der Waals surface area contributed by atoms with Crippen molar-refractivity contribution in [1.82, 2.24) is 16.1 Å². The Kier molecular flexibility index (Phi) is 10.4. The first-order chi connectivity index (χ1) is 20.7. The number of nitrogens with zero attached hydrogens (tertiary/aromatic N) is 2. The molecule has 13 nitrogen and oxygen atoms in total. The lowest BCUT2D eigenvalue weighted by molar-refractivity contribution is -0.525. The van der Waals surface area contributed by atoms with Gasteiger partial charge in [-0.2, -0.15) is 0 Å². The Morgan fingerprint density at radius 1 is 1.20 bits per heavy atom. The number of aryl methyl sites for hydroxylation is 1. The van der Waals surface area contributed by atoms with E-state index in [1.807, 2.05) is 19.1 Å². The molecule has 1 aromatic carbocycles. The number of hydrazine groups is 1. The Morgan fingerprint density at radius 3 is 2.55 bits per heavy atom. The summed E-state index contributed by atoms with van der Waals surface area (Å²) in [6.45, 7) is 12.7. The molecule has 4 fully saturated rings. The average molecular weight is 615 g/mol. The largest absolute Gasteiger partial charge is 0.484 e. The van der Waals surface area contributed by atoms with Gasteiger partial charge in [0.1, 0.15) is 11.8 Å². The monoisotopic (exact) mass is 614 g/mol. The smallest absolute Gasteiger partial charge is 0.481 e. The van der Waals surface area contributed by atoms with Crippen LogP contribution in [0.15, 0.2) is 29.3 Å². The van der Waals surface area contributed by atoms with Crippen molar-refractivity contribution in [3.63, 3.8) is 0 Å². The number of aliphatic imine (C=N–C) groups is 1. The summed E-state index contributed by atoms with van der Waals surface area (Å²) in [5.41, 5.74) is 8.14. The summed E-state index contributed by atoms with van der Waals surface area (Å²) in [6, 6.07) is 6.40. The van der Waals surface area contributed by atoms with Gasteiger partial charge in [-0.15, -0.1) is 0 Å². The van der Waals surface area contributed by atoms with Crippen LogP contribution in [-0.2, 0) is 18.9 Å². The number of rotatable bonds is 14. The maximum atomic E-state index is 13.7. The SMILES string of the molecule is Cc1ccc(OCC(=O)N[C@@H](CCCN=C(N)N[N+](=O)[O-])C(=O)N[C@@H](CC(C)C)B2O[C@@H]3C[C@H]4C[C@H](C4(C)C)[C@]3(C)O2)cc1. The molecule has 242 valence electrons. The summed E-state index contributed by atoms with van der Waals surface area (Å²) in [7, 11) is -0.606. The van der Waals surface area contributed by atoms with E-state index in [4.69, 9.17) is 19.8 Å². The first-order valence-electron chi connectivity index (χ1n) is 15.5. The zero-order valence-corrected chi connectivity index (χ0v) is 26.6. The number of benzene rings is 1. The van der Waals surface area contributed by atoms with E-state index in [1.165, 1.54) is 0 Å². The van der Waals surface area contributed by atoms with E-state index in [2.05, 4.69) is 50.2 Å². The van der Waals surface area contributed by atoms with E-state index in [0.29, 0.717) is 30.4 Å². The van der Waals surface area contributed by atoms with Crippen molar-refractivity contribution >= 4 is 24.9 Å². The first kappa shape index (κ1) is 33.5. The molecule has 5 rings (SSSR count). The fraction of sp³-hybridized carbons (Fsp3) is 0.700. The Balaban J connectivity index is 1.42. The predicted octanol–water partition coefficient (Wildman–Crippen LogP) is 2.53. The van der Waals surface area contributed by atoms with Crippen LogP contribution in [0.3, 0.4) is 0 Å². The lowest BCUT2D eigenvalue weighted by Gasteiger charge is -2.64. The number of nitro groups is 1. The summed E-state index contributed by atoms with van der Waals surface area (Å²) in [5, 5.41) is 15.7. The Bertz CT molecular complexity index is 1230. The van der Waals surface area contributed by atoms with Crippen LogP contribution in [0.4, 0.5) is 0 Å². The minimum atomic E-state index is -0.912. The second-order valence-corrected chi connectivity index (χ2v) is 13.6. The van der Waals surface area contributed by atoms with Gasteiger partial charge in [0.15, 0.2) is 11.6 Å². The Morgan fingerprint density at radius 2 is 1.91 bits per heavy atom. The maximum absolute atomic E-state index is 13.7. The molecule has 6 atom stereocenters. The average Bonchev–Trinajstić information content (AvgIpc) is 3.30. The highest BCUT2D eigenvalue weighted by Crippen LogP contribution is 2.65. The highest BCUT2D eigenvalue weighted by Gasteiger charge is 2.68. The number of hydrogen-bond acceptors (Lipinski definition) is 8. The van der Waals surface area contributed by atoms with Gasteiger partial charge in [0.05, 0.1) is 17.6 Å². The van der Waals surface area contributed by atoms with Gasteiger partial charge in [-0.1, -0.05) is 50.8 Å². The molecule has 0 unspecified atom stereocenters. The van der Waals surface area contributed by atoms with Gasteiger partial charge < -0.3 is 30.4 Å². The van der Waals surface area contributed by atoms with Crippen LogP contribution in [0.1, 0.15) is 72.3 Å². The molecule has 3 saturated carbocycles. The Hall–Kier alpha value is -3.39. The number of guanidine groups is 1. The zero-order chi connectivity index (χ0) is 32.2. The minimum Gasteiger partial charge on any atom is -0.484 e. The van der Waals surface area contributed by atoms with Gasteiger partial charge in [0.2, 0.25) is 5.91 Å². The molecule has 5 N–H and O–H groups in total. The van der Waals surface area contributed by atoms with Crippen molar-refractivity contribution in [2.75, 3.05) is 13.2 Å². The van der Waals surface area contributed by atoms with Gasteiger partial charge in [0.25, 0.3) is 11.9 Å². The third-order valence-electron chi connectivity index (χ3n) is 9.53. The van der Waals surface area contributed by atoms with Crippen LogP contribution in [0, 0.1) is 40.2 Å². The Labute approximate surface area is 259 Å². The second-order valence-electron chi connectivity index (χ2n) is 13.6. The molecular formula is C30H47BN6O7. The van der Waals surface area contributed by atoms with E-state index in [9.17, 15) is 19.7 Å². The number of carbonyl (C=O) groups excluding carboxylic acids is 2. The maximum Gasteiger partial charge on any atom is 0.481 e. The molecule has 0 radical (unpaired) electrons. The molecular weight excluding hydrogens is 567 g/mol. The number of carbonyl (C=O) groups is 2. The molecule has 1 saturated heterocycles.